The fourth-order valence-corrected chi connectivity index (χ4v) is 0.127. The maximum Gasteiger partial charge on any atom is 0.355 e. The van der Waals surface area contributed by atoms with Crippen LogP contribution in [-0.4, -0.2) is 9.94 Å². The summed E-state index contributed by atoms with van der Waals surface area (Å²) in [5, 5.41) is 7.84. The van der Waals surface area contributed by atoms with Crippen LogP contribution in [0.2, 0.25) is 0 Å². The Morgan fingerprint density at radius 2 is 1.50 bits per heavy atom. The van der Waals surface area contributed by atoms with Crippen molar-refractivity contribution in [3.05, 3.63) is 20.7 Å². The van der Waals surface area contributed by atoms with Gasteiger partial charge >= 0.3 is 11.1 Å². The molecule has 4 heteroatoms. The molecule has 1 aromatic rings. The van der Waals surface area contributed by atoms with Crippen molar-refractivity contribution in [1.82, 2.24) is 4.73 Å². The fourth-order valence-electron chi connectivity index (χ4n) is 0.127. The number of rotatable bonds is 0. The lowest BCUT2D eigenvalue weighted by molar-refractivity contribution is 0.208. The van der Waals surface area contributed by atoms with E-state index in [0.717, 1.165) is 0 Å². The first kappa shape index (κ1) is 3.14. The van der Waals surface area contributed by atoms with Crippen molar-refractivity contribution in [3.8, 4) is 0 Å². The Labute approximate surface area is 31.9 Å². The third-order valence-electron chi connectivity index (χ3n) is 0.518. The molecular weight excluding hydrogens is 86.0 g/mol. The molecule has 0 spiro atoms. The molecule has 0 aliphatic rings. The Morgan fingerprint density at radius 3 is 1.50 bits per heavy atom. The highest BCUT2D eigenvalue weighted by Crippen LogP contribution is 1.47. The van der Waals surface area contributed by atoms with Gasteiger partial charge in [-0.3, -0.25) is 9.59 Å². The molecule has 1 heterocycles. The topological polar surface area (TPSA) is 59.3 Å². The lowest BCUT2D eigenvalue weighted by Crippen LogP contribution is -1.88. The van der Waals surface area contributed by atoms with E-state index < -0.39 is 11.1 Å². The van der Waals surface area contributed by atoms with E-state index in [1.54, 1.807) is 0 Å². The second-order valence-electron chi connectivity index (χ2n) is 0.922. The van der Waals surface area contributed by atoms with Gasteiger partial charge in [-0.05, 0) is 0 Å². The zero-order valence-corrected chi connectivity index (χ0v) is 2.71. The monoisotopic (exact) mass is 87.0 g/mol. The molecule has 0 aliphatic carbocycles. The first-order valence-electron chi connectivity index (χ1n) is 1.31. The number of hydrogen-bond acceptors (Lipinski definition) is 3. The highest BCUT2D eigenvalue weighted by molar-refractivity contribution is 4.82. The molecule has 4 nitrogen and oxygen atoms in total. The van der Waals surface area contributed by atoms with Gasteiger partial charge in [-0.1, -0.05) is 4.73 Å². The summed E-state index contributed by atoms with van der Waals surface area (Å²) in [4.78, 5) is 19.1. The molecule has 32 valence electrons. The zero-order valence-electron chi connectivity index (χ0n) is 2.71. The smallest absolute Gasteiger partial charge is 0.355 e. The van der Waals surface area contributed by atoms with Crippen molar-refractivity contribution in [3.63, 3.8) is 0 Å². The van der Waals surface area contributed by atoms with Gasteiger partial charge in [0, 0.05) is 0 Å². The summed E-state index contributed by atoms with van der Waals surface area (Å²) in [6, 6.07) is 0. The van der Waals surface area contributed by atoms with Gasteiger partial charge in [-0.2, -0.15) is 0 Å². The molecule has 0 amide bonds. The Morgan fingerprint density at radius 1 is 1.33 bits per heavy atom. The zero-order chi connectivity index (χ0) is 4.73. The fraction of sp³-hybridized carbons (Fsp3) is 0. The Kier molecular flexibility index (Phi) is 0.283. The summed E-state index contributed by atoms with van der Waals surface area (Å²) in [6.45, 7) is 0. The van der Waals surface area contributed by atoms with E-state index in [2.05, 4.69) is 0 Å². The molecule has 1 N–H and O–H groups in total. The van der Waals surface area contributed by atoms with Crippen molar-refractivity contribution in [2.45, 2.75) is 0 Å². The second kappa shape index (κ2) is 0.540. The van der Waals surface area contributed by atoms with E-state index >= 15 is 0 Å². The van der Waals surface area contributed by atoms with Gasteiger partial charge in [0.15, 0.2) is 0 Å². The van der Waals surface area contributed by atoms with Crippen LogP contribution in [0.5, 0.6) is 0 Å². The molecule has 0 aromatic carbocycles. The van der Waals surface area contributed by atoms with Crippen LogP contribution in [0.3, 0.4) is 0 Å². The molecule has 0 unspecified atom stereocenters. The molecule has 0 saturated heterocycles. The highest BCUT2D eigenvalue weighted by atomic mass is 16.5. The molecule has 1 rings (SSSR count). The standard InChI is InChI=1S/C2HNO3/c4-1-2(5)3(1)6/h6H. The van der Waals surface area contributed by atoms with E-state index in [4.69, 9.17) is 5.21 Å². The van der Waals surface area contributed by atoms with Crippen molar-refractivity contribution < 1.29 is 5.21 Å². The third-order valence-corrected chi connectivity index (χ3v) is 0.518. The van der Waals surface area contributed by atoms with Gasteiger partial charge in [-0.15, -0.1) is 0 Å². The van der Waals surface area contributed by atoms with E-state index in [0.29, 0.717) is 0 Å². The van der Waals surface area contributed by atoms with Gasteiger partial charge < -0.3 is 5.21 Å². The summed E-state index contributed by atoms with van der Waals surface area (Å²) < 4.78 is 0.0556. The summed E-state index contributed by atoms with van der Waals surface area (Å²) >= 11 is 0. The normalized spacial score (nSPS) is 10.0. The predicted molar refractivity (Wildman–Crippen MR) is 16.5 cm³/mol. The first-order valence-corrected chi connectivity index (χ1v) is 1.31. The summed E-state index contributed by atoms with van der Waals surface area (Å²) in [7, 11) is 0. The van der Waals surface area contributed by atoms with Crippen molar-refractivity contribution in [2.24, 2.45) is 0 Å². The highest BCUT2D eigenvalue weighted by Gasteiger charge is 2.12. The average molecular weight is 87.0 g/mol. The Hall–Kier alpha value is -1.06. The molecular formula is C2HNO3. The van der Waals surface area contributed by atoms with Crippen molar-refractivity contribution in [2.75, 3.05) is 0 Å². The average Bonchev–Trinajstić information content (AvgIpc) is 1.94. The largest absolute Gasteiger partial charge is 0.422 e. The minimum Gasteiger partial charge on any atom is -0.422 e. The summed E-state index contributed by atoms with van der Waals surface area (Å²) in [5.74, 6) is 0. The van der Waals surface area contributed by atoms with E-state index in [9.17, 15) is 9.59 Å². The molecule has 0 atom stereocenters. The Balaban J connectivity index is 3.48. The third kappa shape index (κ3) is 0.138. The lowest BCUT2D eigenvalue weighted by Gasteiger charge is -1.55. The summed E-state index contributed by atoms with van der Waals surface area (Å²) in [5.41, 5.74) is -1.65. The second-order valence-corrected chi connectivity index (χ2v) is 0.922. The van der Waals surface area contributed by atoms with Crippen LogP contribution in [0.25, 0.3) is 0 Å². The molecule has 1 aromatic heterocycles. The van der Waals surface area contributed by atoms with E-state index in [-0.39, 0.29) is 4.73 Å². The molecule has 0 bridgehead atoms. The molecule has 0 fully saturated rings. The van der Waals surface area contributed by atoms with E-state index in [1.807, 2.05) is 0 Å². The number of aromatic nitrogens is 1. The van der Waals surface area contributed by atoms with Crippen LogP contribution in [0, 0.1) is 0 Å². The van der Waals surface area contributed by atoms with Crippen LogP contribution in [0.1, 0.15) is 0 Å². The van der Waals surface area contributed by atoms with Crippen LogP contribution in [-0.2, 0) is 0 Å². The van der Waals surface area contributed by atoms with Gasteiger partial charge in [0.25, 0.3) is 0 Å². The Bertz CT molecular complexity index is 190. The van der Waals surface area contributed by atoms with Gasteiger partial charge in [-0.25, -0.2) is 0 Å². The molecule has 0 radical (unpaired) electrons. The van der Waals surface area contributed by atoms with Crippen molar-refractivity contribution in [1.29, 1.82) is 0 Å². The first-order chi connectivity index (χ1) is 2.73. The van der Waals surface area contributed by atoms with Gasteiger partial charge in [0.2, 0.25) is 0 Å². The van der Waals surface area contributed by atoms with Crippen LogP contribution in [0.15, 0.2) is 9.59 Å². The number of nitrogens with zero attached hydrogens (tertiary/aromatic N) is 1. The van der Waals surface area contributed by atoms with Crippen LogP contribution in [0.4, 0.5) is 0 Å². The van der Waals surface area contributed by atoms with E-state index in [1.165, 1.54) is 0 Å². The quantitative estimate of drug-likeness (QED) is 0.304. The molecule has 6 heavy (non-hydrogen) atoms. The number of hydrogen-bond donors (Lipinski definition) is 1. The minimum atomic E-state index is -0.824. The van der Waals surface area contributed by atoms with Crippen LogP contribution >= 0.6 is 0 Å². The SMILES string of the molecule is O=c1c(=O)n1O. The van der Waals surface area contributed by atoms with Crippen molar-refractivity contribution >= 4 is 0 Å². The van der Waals surface area contributed by atoms with Gasteiger partial charge in [0.1, 0.15) is 0 Å². The molecule has 0 saturated carbocycles. The molecule has 0 aliphatic heterocycles. The lowest BCUT2D eigenvalue weighted by atomic mass is 11.1. The predicted octanol–water partition coefficient (Wildman–Crippen LogP) is -1.68. The van der Waals surface area contributed by atoms with Crippen LogP contribution < -0.4 is 11.1 Å². The summed E-state index contributed by atoms with van der Waals surface area (Å²) in [6.07, 6.45) is 0. The van der Waals surface area contributed by atoms with Gasteiger partial charge in [0.05, 0.1) is 0 Å². The maximum atomic E-state index is 9.54. The minimum absolute atomic E-state index is 0.0556. The maximum absolute atomic E-state index is 9.54.